The Labute approximate surface area is 233 Å². The molecule has 0 aromatic heterocycles. The Balaban J connectivity index is 1.40. The fourth-order valence-corrected chi connectivity index (χ4v) is 6.38. The van der Waals surface area contributed by atoms with E-state index in [-0.39, 0.29) is 55.3 Å². The number of nitrogens with zero attached hydrogens (tertiary/aromatic N) is 2. The van der Waals surface area contributed by atoms with Gasteiger partial charge in [0.2, 0.25) is 5.69 Å². The first kappa shape index (κ1) is 28.4. The molecule has 8 nitrogen and oxygen atoms in total. The molecule has 2 aromatic carbocycles. The number of rotatable bonds is 9. The maximum atomic E-state index is 13.5. The molecule has 1 fully saturated rings. The molecule has 1 N–H and O–H groups in total. The molecule has 1 aliphatic heterocycles. The van der Waals surface area contributed by atoms with E-state index in [4.69, 9.17) is 37.5 Å². The van der Waals surface area contributed by atoms with Crippen molar-refractivity contribution in [2.24, 2.45) is 10.8 Å². The average molecular weight is 551 g/mol. The molecule has 39 heavy (non-hydrogen) atoms. The van der Waals surface area contributed by atoms with Crippen molar-refractivity contribution >= 4 is 29.2 Å². The Kier molecular flexibility index (Phi) is 8.23. The minimum Gasteiger partial charge on any atom is -0.489 e. The van der Waals surface area contributed by atoms with Crippen LogP contribution in [-0.2, 0) is 20.8 Å². The standard InChI is InChI=1S/C30H31ClN2O6/c1-29(2)27(30(3,4)28(29)39-21-9-11-24(32-5)23(31)16-21)33-17-20-15-19(8-10-22(20)26(33)36)7-6-12-37-13-14-38-18-25(34)35/h8-11,15-16,27-28H,12-14,17-18H2,1-4H3,(H,34,35). The van der Waals surface area contributed by atoms with Crippen LogP contribution in [0.15, 0.2) is 36.4 Å². The molecule has 0 radical (unpaired) electrons. The number of amides is 1. The largest absolute Gasteiger partial charge is 0.489 e. The first-order valence-electron chi connectivity index (χ1n) is 12.6. The molecule has 0 spiro atoms. The SMILES string of the molecule is [C-]#[N+]c1ccc(OC2C(C)(C)C(N3Cc4cc(C#CCOCCOCC(=O)O)ccc4C3=O)C2(C)C)cc1Cl. The summed E-state index contributed by atoms with van der Waals surface area (Å²) >= 11 is 6.22. The number of ether oxygens (including phenoxy) is 3. The Bertz CT molecular complexity index is 1370. The molecule has 1 amide bonds. The molecule has 4 rings (SSSR count). The predicted octanol–water partition coefficient (Wildman–Crippen LogP) is 5.20. The summed E-state index contributed by atoms with van der Waals surface area (Å²) in [5.41, 5.74) is 2.13. The van der Waals surface area contributed by atoms with Gasteiger partial charge >= 0.3 is 5.97 Å². The van der Waals surface area contributed by atoms with Crippen molar-refractivity contribution in [3.05, 3.63) is 69.5 Å². The number of aliphatic carboxylic acids is 1. The van der Waals surface area contributed by atoms with Gasteiger partial charge in [-0.2, -0.15) is 0 Å². The summed E-state index contributed by atoms with van der Waals surface area (Å²) in [6.07, 6.45) is -0.169. The van der Waals surface area contributed by atoms with E-state index in [0.29, 0.717) is 28.6 Å². The van der Waals surface area contributed by atoms with Crippen LogP contribution >= 0.6 is 11.6 Å². The highest BCUT2D eigenvalue weighted by atomic mass is 35.5. The Morgan fingerprint density at radius 1 is 1.15 bits per heavy atom. The first-order valence-corrected chi connectivity index (χ1v) is 13.0. The quantitative estimate of drug-likeness (QED) is 0.262. The van der Waals surface area contributed by atoms with Crippen LogP contribution in [0.1, 0.15) is 49.2 Å². The molecule has 1 aliphatic carbocycles. The zero-order valence-electron chi connectivity index (χ0n) is 22.4. The minimum absolute atomic E-state index is 0.00302. The second-order valence-electron chi connectivity index (χ2n) is 10.9. The highest BCUT2D eigenvalue weighted by Crippen LogP contribution is 2.59. The second kappa shape index (κ2) is 11.3. The summed E-state index contributed by atoms with van der Waals surface area (Å²) in [5, 5.41) is 8.89. The van der Waals surface area contributed by atoms with Crippen molar-refractivity contribution in [2.45, 2.75) is 46.4 Å². The lowest BCUT2D eigenvalue weighted by Crippen LogP contribution is -2.74. The van der Waals surface area contributed by atoms with Gasteiger partial charge in [0.1, 0.15) is 25.1 Å². The highest BCUT2D eigenvalue weighted by Gasteiger charge is 2.66. The zero-order valence-corrected chi connectivity index (χ0v) is 23.2. The smallest absolute Gasteiger partial charge is 0.329 e. The van der Waals surface area contributed by atoms with E-state index < -0.39 is 5.97 Å². The number of carboxylic acids is 1. The normalized spacial score (nSPS) is 20.3. The van der Waals surface area contributed by atoms with Crippen molar-refractivity contribution < 1.29 is 28.9 Å². The first-order chi connectivity index (χ1) is 18.5. The third kappa shape index (κ3) is 5.74. The summed E-state index contributed by atoms with van der Waals surface area (Å²) in [5.74, 6) is 5.59. The van der Waals surface area contributed by atoms with Crippen molar-refractivity contribution in [2.75, 3.05) is 26.4 Å². The van der Waals surface area contributed by atoms with Gasteiger partial charge in [-0.3, -0.25) is 4.79 Å². The van der Waals surface area contributed by atoms with Gasteiger partial charge in [0, 0.05) is 34.5 Å². The molecule has 9 heteroatoms. The van der Waals surface area contributed by atoms with Crippen LogP contribution in [-0.4, -0.2) is 60.5 Å². The molecular weight excluding hydrogens is 520 g/mol. The molecule has 1 heterocycles. The highest BCUT2D eigenvalue weighted by molar-refractivity contribution is 6.33. The lowest BCUT2D eigenvalue weighted by Gasteiger charge is -2.65. The molecule has 0 unspecified atom stereocenters. The van der Waals surface area contributed by atoms with Gasteiger partial charge in [0.05, 0.1) is 24.8 Å². The molecule has 2 aromatic rings. The lowest BCUT2D eigenvalue weighted by molar-refractivity contribution is -0.199. The van der Waals surface area contributed by atoms with E-state index in [1.54, 1.807) is 18.2 Å². The molecular formula is C30H31ClN2O6. The summed E-state index contributed by atoms with van der Waals surface area (Å²) in [7, 11) is 0. The number of carboxylic acid groups (broad SMARTS) is 1. The fraction of sp³-hybridized carbons (Fsp3) is 0.433. The van der Waals surface area contributed by atoms with Crippen LogP contribution < -0.4 is 4.74 Å². The maximum Gasteiger partial charge on any atom is 0.329 e. The molecule has 0 bridgehead atoms. The molecule has 0 atom stereocenters. The van der Waals surface area contributed by atoms with E-state index in [1.807, 2.05) is 23.1 Å². The van der Waals surface area contributed by atoms with E-state index in [2.05, 4.69) is 44.4 Å². The van der Waals surface area contributed by atoms with Crippen molar-refractivity contribution in [3.8, 4) is 17.6 Å². The monoisotopic (exact) mass is 550 g/mol. The predicted molar refractivity (Wildman–Crippen MR) is 146 cm³/mol. The van der Waals surface area contributed by atoms with Gasteiger partial charge in [-0.15, -0.1) is 0 Å². The molecule has 204 valence electrons. The Hall–Kier alpha value is -3.56. The molecule has 2 aliphatic rings. The van der Waals surface area contributed by atoms with Crippen molar-refractivity contribution in [1.82, 2.24) is 4.90 Å². The van der Waals surface area contributed by atoms with Gasteiger partial charge in [0.15, 0.2) is 0 Å². The van der Waals surface area contributed by atoms with Crippen molar-refractivity contribution in [3.63, 3.8) is 0 Å². The van der Waals surface area contributed by atoms with Crippen LogP contribution in [0, 0.1) is 29.2 Å². The van der Waals surface area contributed by atoms with Crippen LogP contribution in [0.4, 0.5) is 5.69 Å². The third-order valence-corrected chi connectivity index (χ3v) is 7.61. The van der Waals surface area contributed by atoms with E-state index >= 15 is 0 Å². The number of halogens is 1. The van der Waals surface area contributed by atoms with Gasteiger partial charge in [-0.1, -0.05) is 57.2 Å². The number of carbonyl (C=O) groups excluding carboxylic acids is 1. The topological polar surface area (TPSA) is 89.7 Å². The van der Waals surface area contributed by atoms with E-state index in [0.717, 1.165) is 11.1 Å². The van der Waals surface area contributed by atoms with Gasteiger partial charge < -0.3 is 24.2 Å². The number of benzene rings is 2. The Morgan fingerprint density at radius 3 is 2.54 bits per heavy atom. The number of hydrogen-bond donors (Lipinski definition) is 1. The summed E-state index contributed by atoms with van der Waals surface area (Å²) < 4.78 is 16.6. The van der Waals surface area contributed by atoms with E-state index in [9.17, 15) is 9.59 Å². The zero-order chi connectivity index (χ0) is 28.4. The van der Waals surface area contributed by atoms with Gasteiger partial charge in [-0.05, 0) is 35.9 Å². The van der Waals surface area contributed by atoms with Crippen LogP contribution in [0.25, 0.3) is 4.85 Å². The summed E-state index contributed by atoms with van der Waals surface area (Å²) in [6.45, 7) is 16.4. The van der Waals surface area contributed by atoms with E-state index in [1.165, 1.54) is 0 Å². The number of carbonyl (C=O) groups is 2. The third-order valence-electron chi connectivity index (χ3n) is 7.31. The average Bonchev–Trinajstić information content (AvgIpc) is 3.18. The van der Waals surface area contributed by atoms with Gasteiger partial charge in [0.25, 0.3) is 5.91 Å². The fourth-order valence-electron chi connectivity index (χ4n) is 6.17. The number of hydrogen-bond acceptors (Lipinski definition) is 5. The Morgan fingerprint density at radius 2 is 1.87 bits per heavy atom. The van der Waals surface area contributed by atoms with Crippen molar-refractivity contribution in [1.29, 1.82) is 0 Å². The molecule has 1 saturated carbocycles. The van der Waals surface area contributed by atoms with Gasteiger partial charge in [-0.25, -0.2) is 9.64 Å². The van der Waals surface area contributed by atoms with Crippen LogP contribution in [0.3, 0.4) is 0 Å². The summed E-state index contributed by atoms with van der Waals surface area (Å²) in [6, 6.07) is 10.6. The maximum absolute atomic E-state index is 13.5. The van der Waals surface area contributed by atoms with Crippen LogP contribution in [0.5, 0.6) is 5.75 Å². The molecule has 0 saturated heterocycles. The number of fused-ring (bicyclic) bond motifs is 1. The van der Waals surface area contributed by atoms with Crippen LogP contribution in [0.2, 0.25) is 5.02 Å². The summed E-state index contributed by atoms with van der Waals surface area (Å²) in [4.78, 5) is 29.2. The second-order valence-corrected chi connectivity index (χ2v) is 11.3. The lowest BCUT2D eigenvalue weighted by atomic mass is 9.49. The minimum atomic E-state index is -1.02.